The van der Waals surface area contributed by atoms with E-state index < -0.39 is 48.4 Å². The number of aromatic amines is 1. The molecular weight excluding hydrogens is 506 g/mol. The van der Waals surface area contributed by atoms with E-state index in [0.29, 0.717) is 32.4 Å². The average molecular weight is 546 g/mol. The number of benzene rings is 1. The number of hydrogen-bond donors (Lipinski definition) is 9. The summed E-state index contributed by atoms with van der Waals surface area (Å²) in [6, 6.07) is 4.44. The van der Waals surface area contributed by atoms with Crippen molar-refractivity contribution in [3.05, 3.63) is 36.0 Å². The number of nitrogens with zero attached hydrogens (tertiary/aromatic N) is 1. The third-order valence-electron chi connectivity index (χ3n) is 6.04. The molecule has 0 saturated carbocycles. The Balaban J connectivity index is 2.05. The lowest BCUT2D eigenvalue weighted by Crippen LogP contribution is -2.54. The standard InChI is InChI=1S/C25H39N9O5/c26-10-4-3-9-19(24(38)39)33-21(35)14-32-23(37)20(12-15-13-31-18-8-2-1-6-16(15)18)34-22(36)17(27)7-5-11-30-25(28)29/h1-2,6,8,13,17,19-20,31H,3-5,7,9-12,14,26-27H2,(H,32,37)(H,33,35)(H,34,36)(H,38,39)(H4,28,29,30). The normalized spacial score (nSPS) is 13.2. The third-order valence-corrected chi connectivity index (χ3v) is 6.04. The molecule has 0 saturated heterocycles. The molecule has 39 heavy (non-hydrogen) atoms. The molecule has 13 N–H and O–H groups in total. The van der Waals surface area contributed by atoms with Crippen LogP contribution in [0.2, 0.25) is 0 Å². The molecule has 0 aliphatic carbocycles. The van der Waals surface area contributed by atoms with E-state index in [2.05, 4.69) is 25.9 Å². The summed E-state index contributed by atoms with van der Waals surface area (Å²) in [5.41, 5.74) is 23.7. The molecule has 3 atom stereocenters. The van der Waals surface area contributed by atoms with E-state index in [0.717, 1.165) is 16.5 Å². The molecule has 3 unspecified atom stereocenters. The number of aromatic nitrogens is 1. The van der Waals surface area contributed by atoms with Crippen molar-refractivity contribution >= 4 is 40.6 Å². The molecule has 0 bridgehead atoms. The van der Waals surface area contributed by atoms with Crippen LogP contribution in [0.5, 0.6) is 0 Å². The van der Waals surface area contributed by atoms with Crippen molar-refractivity contribution < 1.29 is 24.3 Å². The van der Waals surface area contributed by atoms with Crippen molar-refractivity contribution in [2.24, 2.45) is 27.9 Å². The van der Waals surface area contributed by atoms with Crippen LogP contribution in [0, 0.1) is 0 Å². The second-order valence-electron chi connectivity index (χ2n) is 9.14. The molecule has 14 nitrogen and oxygen atoms in total. The number of aliphatic carboxylic acids is 1. The van der Waals surface area contributed by atoms with Crippen molar-refractivity contribution in [1.29, 1.82) is 0 Å². The lowest BCUT2D eigenvalue weighted by atomic mass is 10.0. The van der Waals surface area contributed by atoms with Crippen LogP contribution in [0.4, 0.5) is 0 Å². The minimum atomic E-state index is -1.18. The molecule has 2 aromatic rings. The van der Waals surface area contributed by atoms with Crippen LogP contribution in [-0.4, -0.2) is 77.5 Å². The number of carboxylic acid groups (broad SMARTS) is 1. The highest BCUT2D eigenvalue weighted by molar-refractivity contribution is 5.93. The maximum atomic E-state index is 13.1. The van der Waals surface area contributed by atoms with Gasteiger partial charge in [-0.15, -0.1) is 0 Å². The number of carboxylic acids is 1. The Morgan fingerprint density at radius 2 is 1.72 bits per heavy atom. The fraction of sp³-hybridized carbons (Fsp3) is 0.480. The summed E-state index contributed by atoms with van der Waals surface area (Å²) in [4.78, 5) is 56.7. The summed E-state index contributed by atoms with van der Waals surface area (Å²) in [6.07, 6.45) is 3.99. The van der Waals surface area contributed by atoms with Gasteiger partial charge >= 0.3 is 5.97 Å². The fourth-order valence-electron chi connectivity index (χ4n) is 3.95. The Morgan fingerprint density at radius 1 is 0.974 bits per heavy atom. The predicted molar refractivity (Wildman–Crippen MR) is 147 cm³/mol. The highest BCUT2D eigenvalue weighted by Gasteiger charge is 2.26. The van der Waals surface area contributed by atoms with Crippen LogP contribution >= 0.6 is 0 Å². The fourth-order valence-corrected chi connectivity index (χ4v) is 3.95. The monoisotopic (exact) mass is 545 g/mol. The number of rotatable bonds is 17. The van der Waals surface area contributed by atoms with Gasteiger partial charge in [0.15, 0.2) is 5.96 Å². The molecule has 3 amide bonds. The molecule has 0 radical (unpaired) electrons. The highest BCUT2D eigenvalue weighted by Crippen LogP contribution is 2.19. The first-order valence-corrected chi connectivity index (χ1v) is 12.8. The van der Waals surface area contributed by atoms with E-state index in [1.165, 1.54) is 0 Å². The van der Waals surface area contributed by atoms with Crippen molar-refractivity contribution in [1.82, 2.24) is 20.9 Å². The number of guanidine groups is 1. The number of H-pyrrole nitrogens is 1. The van der Waals surface area contributed by atoms with Gasteiger partial charge in [-0.3, -0.25) is 19.4 Å². The van der Waals surface area contributed by atoms with Gasteiger partial charge in [-0.05, 0) is 50.3 Å². The summed E-state index contributed by atoms with van der Waals surface area (Å²) >= 11 is 0. The lowest BCUT2D eigenvalue weighted by molar-refractivity contribution is -0.142. The number of unbranched alkanes of at least 4 members (excludes halogenated alkanes) is 1. The summed E-state index contributed by atoms with van der Waals surface area (Å²) in [7, 11) is 0. The van der Waals surface area contributed by atoms with E-state index in [1.807, 2.05) is 24.3 Å². The van der Waals surface area contributed by atoms with Gasteiger partial charge in [-0.1, -0.05) is 18.2 Å². The van der Waals surface area contributed by atoms with E-state index in [1.54, 1.807) is 6.20 Å². The maximum Gasteiger partial charge on any atom is 0.326 e. The first kappa shape index (κ1) is 31.1. The highest BCUT2D eigenvalue weighted by atomic mass is 16.4. The SMILES string of the molecule is NCCCCC(NC(=O)CNC(=O)C(Cc1c[nH]c2ccccc12)NC(=O)C(N)CCCN=C(N)N)C(=O)O. The van der Waals surface area contributed by atoms with Gasteiger partial charge < -0.3 is 49.0 Å². The van der Waals surface area contributed by atoms with Gasteiger partial charge in [0.05, 0.1) is 12.6 Å². The Hall–Kier alpha value is -4.17. The zero-order valence-electron chi connectivity index (χ0n) is 21.8. The number of hydrogen-bond acceptors (Lipinski definition) is 7. The predicted octanol–water partition coefficient (Wildman–Crippen LogP) is -1.61. The van der Waals surface area contributed by atoms with Crippen LogP contribution in [0.1, 0.15) is 37.7 Å². The molecule has 214 valence electrons. The molecule has 14 heteroatoms. The van der Waals surface area contributed by atoms with E-state index >= 15 is 0 Å². The molecular formula is C25H39N9O5. The van der Waals surface area contributed by atoms with E-state index in [-0.39, 0.29) is 25.2 Å². The summed E-state index contributed by atoms with van der Waals surface area (Å²) in [6.45, 7) is 0.255. The van der Waals surface area contributed by atoms with Crippen LogP contribution in [0.25, 0.3) is 10.9 Å². The minimum Gasteiger partial charge on any atom is -0.480 e. The number of fused-ring (bicyclic) bond motifs is 1. The number of carbonyl (C=O) groups is 4. The lowest BCUT2D eigenvalue weighted by Gasteiger charge is -2.21. The molecule has 0 fully saturated rings. The summed E-state index contributed by atoms with van der Waals surface area (Å²) in [5, 5.41) is 17.8. The molecule has 0 aliphatic heterocycles. The van der Waals surface area contributed by atoms with Crippen LogP contribution in [-0.2, 0) is 25.6 Å². The topological polar surface area (TPSA) is 257 Å². The average Bonchev–Trinajstić information content (AvgIpc) is 3.31. The zero-order valence-corrected chi connectivity index (χ0v) is 21.8. The number of amides is 3. The van der Waals surface area contributed by atoms with Crippen LogP contribution in [0.15, 0.2) is 35.5 Å². The van der Waals surface area contributed by atoms with E-state index in [9.17, 15) is 24.3 Å². The number of aliphatic imine (C=N–C) groups is 1. The third kappa shape index (κ3) is 10.6. The van der Waals surface area contributed by atoms with Gasteiger partial charge in [0.25, 0.3) is 0 Å². The Bertz CT molecular complexity index is 1150. The van der Waals surface area contributed by atoms with Crippen molar-refractivity contribution in [2.45, 2.75) is 56.7 Å². The zero-order chi connectivity index (χ0) is 28.8. The number of nitrogens with one attached hydrogen (secondary N) is 4. The van der Waals surface area contributed by atoms with Crippen LogP contribution in [0.3, 0.4) is 0 Å². The molecule has 0 aliphatic rings. The molecule has 2 rings (SSSR count). The van der Waals surface area contributed by atoms with E-state index in [4.69, 9.17) is 22.9 Å². The maximum absolute atomic E-state index is 13.1. The number of carbonyl (C=O) groups excluding carboxylic acids is 3. The van der Waals surface area contributed by atoms with Gasteiger partial charge in [0.1, 0.15) is 12.1 Å². The van der Waals surface area contributed by atoms with Crippen molar-refractivity contribution in [3.8, 4) is 0 Å². The van der Waals surface area contributed by atoms with Gasteiger partial charge in [-0.25, -0.2) is 4.79 Å². The Labute approximate surface area is 226 Å². The Kier molecular flexibility index (Phi) is 12.7. The minimum absolute atomic E-state index is 0.0576. The van der Waals surface area contributed by atoms with Crippen molar-refractivity contribution in [2.75, 3.05) is 19.6 Å². The second kappa shape index (κ2) is 15.9. The van der Waals surface area contributed by atoms with Gasteiger partial charge in [0.2, 0.25) is 17.7 Å². The number of para-hydroxylation sites is 1. The molecule has 1 heterocycles. The quantitative estimate of drug-likeness (QED) is 0.0628. The first-order chi connectivity index (χ1) is 18.6. The summed E-state index contributed by atoms with van der Waals surface area (Å²) in [5.74, 6) is -3.07. The molecule has 0 spiro atoms. The smallest absolute Gasteiger partial charge is 0.326 e. The van der Waals surface area contributed by atoms with Crippen LogP contribution < -0.4 is 38.9 Å². The van der Waals surface area contributed by atoms with Crippen molar-refractivity contribution in [3.63, 3.8) is 0 Å². The second-order valence-corrected chi connectivity index (χ2v) is 9.14. The molecule has 1 aromatic heterocycles. The Morgan fingerprint density at radius 3 is 2.41 bits per heavy atom. The largest absolute Gasteiger partial charge is 0.480 e. The van der Waals surface area contributed by atoms with Gasteiger partial charge in [-0.2, -0.15) is 0 Å². The van der Waals surface area contributed by atoms with Gasteiger partial charge in [0, 0.05) is 30.1 Å². The summed E-state index contributed by atoms with van der Waals surface area (Å²) < 4.78 is 0. The number of nitrogens with two attached hydrogens (primary N) is 4. The molecule has 1 aromatic carbocycles. The first-order valence-electron chi connectivity index (χ1n) is 12.8.